The van der Waals surface area contributed by atoms with Crippen LogP contribution in [0.1, 0.15) is 25.8 Å². The third-order valence-electron chi connectivity index (χ3n) is 3.36. The molecule has 3 heteroatoms. The summed E-state index contributed by atoms with van der Waals surface area (Å²) in [6.07, 6.45) is 2.32. The summed E-state index contributed by atoms with van der Waals surface area (Å²) in [6.45, 7) is 6.22. The Hall–Kier alpha value is -1.22. The van der Waals surface area contributed by atoms with E-state index >= 15 is 0 Å². The van der Waals surface area contributed by atoms with Crippen LogP contribution < -0.4 is 14.8 Å². The quantitative estimate of drug-likeness (QED) is 0.849. The molecule has 0 amide bonds. The molecule has 1 aromatic rings. The van der Waals surface area contributed by atoms with Gasteiger partial charge in [0.1, 0.15) is 11.7 Å². The number of fused-ring (bicyclic) bond motifs is 1. The Kier molecular flexibility index (Phi) is 2.51. The molecule has 0 saturated carbocycles. The zero-order valence-electron chi connectivity index (χ0n) is 10.5. The van der Waals surface area contributed by atoms with Crippen molar-refractivity contribution in [1.29, 1.82) is 0 Å². The third kappa shape index (κ3) is 2.12. The van der Waals surface area contributed by atoms with Gasteiger partial charge in [-0.25, -0.2) is 0 Å². The fourth-order valence-electron chi connectivity index (χ4n) is 2.59. The van der Waals surface area contributed by atoms with E-state index in [1.54, 1.807) is 0 Å². The Bertz CT molecular complexity index is 422. The smallest absolute Gasteiger partial charge is 0.165 e. The molecule has 0 aliphatic carbocycles. The molecule has 0 spiro atoms. The molecule has 1 N–H and O–H groups in total. The maximum atomic E-state index is 6.02. The van der Waals surface area contributed by atoms with Crippen LogP contribution in [-0.4, -0.2) is 24.8 Å². The molecule has 1 saturated heterocycles. The molecule has 0 bridgehead atoms. The molecule has 2 heterocycles. The van der Waals surface area contributed by atoms with E-state index in [4.69, 9.17) is 9.47 Å². The second-order valence-electron chi connectivity index (χ2n) is 5.52. The minimum Gasteiger partial charge on any atom is -0.485 e. The molecule has 2 aliphatic heterocycles. The summed E-state index contributed by atoms with van der Waals surface area (Å²) in [5.41, 5.74) is 1.16. The van der Waals surface area contributed by atoms with Crippen LogP contribution in [0.4, 0.5) is 0 Å². The van der Waals surface area contributed by atoms with Crippen molar-refractivity contribution in [3.63, 3.8) is 0 Å². The fourth-order valence-corrected chi connectivity index (χ4v) is 2.59. The lowest BCUT2D eigenvalue weighted by Gasteiger charge is -2.19. The molecular formula is C14H19NO2. The second kappa shape index (κ2) is 3.91. The predicted octanol–water partition coefficient (Wildman–Crippen LogP) is 2.14. The Morgan fingerprint density at radius 3 is 3.06 bits per heavy atom. The minimum atomic E-state index is -0.101. The number of benzene rings is 1. The lowest BCUT2D eigenvalue weighted by Crippen LogP contribution is -2.25. The topological polar surface area (TPSA) is 30.5 Å². The summed E-state index contributed by atoms with van der Waals surface area (Å²) in [4.78, 5) is 0. The summed E-state index contributed by atoms with van der Waals surface area (Å²) in [5.74, 6) is 1.85. The molecule has 0 aromatic heterocycles. The van der Waals surface area contributed by atoms with Gasteiger partial charge in [0, 0.05) is 18.5 Å². The first-order valence-corrected chi connectivity index (χ1v) is 6.32. The monoisotopic (exact) mass is 233 g/mol. The van der Waals surface area contributed by atoms with E-state index in [1.165, 1.54) is 5.56 Å². The Balaban J connectivity index is 1.84. The highest BCUT2D eigenvalue weighted by atomic mass is 16.5. The molecule has 17 heavy (non-hydrogen) atoms. The third-order valence-corrected chi connectivity index (χ3v) is 3.36. The molecule has 1 fully saturated rings. The zero-order chi connectivity index (χ0) is 11.9. The second-order valence-corrected chi connectivity index (χ2v) is 5.52. The highest BCUT2D eigenvalue weighted by molar-refractivity contribution is 5.50. The molecule has 0 unspecified atom stereocenters. The molecular weight excluding hydrogens is 214 g/mol. The van der Waals surface area contributed by atoms with Crippen molar-refractivity contribution in [3.8, 4) is 11.5 Å². The molecule has 3 rings (SSSR count). The van der Waals surface area contributed by atoms with Gasteiger partial charge in [-0.1, -0.05) is 12.1 Å². The van der Waals surface area contributed by atoms with E-state index in [9.17, 15) is 0 Å². The summed E-state index contributed by atoms with van der Waals surface area (Å²) >= 11 is 0. The highest BCUT2D eigenvalue weighted by Gasteiger charge is 2.32. The van der Waals surface area contributed by atoms with Gasteiger partial charge in [-0.05, 0) is 32.9 Å². The van der Waals surface area contributed by atoms with Gasteiger partial charge in [-0.3, -0.25) is 0 Å². The predicted molar refractivity (Wildman–Crippen MR) is 66.8 cm³/mol. The van der Waals surface area contributed by atoms with Crippen LogP contribution in [0.2, 0.25) is 0 Å². The highest BCUT2D eigenvalue weighted by Crippen LogP contribution is 2.42. The zero-order valence-corrected chi connectivity index (χ0v) is 10.5. The summed E-state index contributed by atoms with van der Waals surface area (Å²) in [7, 11) is 0. The van der Waals surface area contributed by atoms with Crippen molar-refractivity contribution in [2.45, 2.75) is 38.4 Å². The molecule has 2 aliphatic rings. The van der Waals surface area contributed by atoms with Crippen LogP contribution in [0.15, 0.2) is 18.2 Å². The van der Waals surface area contributed by atoms with E-state index in [0.717, 1.165) is 37.4 Å². The van der Waals surface area contributed by atoms with Crippen molar-refractivity contribution in [3.05, 3.63) is 23.8 Å². The largest absolute Gasteiger partial charge is 0.485 e. The van der Waals surface area contributed by atoms with Gasteiger partial charge in [0.15, 0.2) is 11.5 Å². The van der Waals surface area contributed by atoms with Gasteiger partial charge in [0.05, 0.1) is 0 Å². The van der Waals surface area contributed by atoms with Gasteiger partial charge in [0.25, 0.3) is 0 Å². The average molecular weight is 233 g/mol. The van der Waals surface area contributed by atoms with E-state index in [-0.39, 0.29) is 11.7 Å². The maximum Gasteiger partial charge on any atom is 0.165 e. The number of hydrogen-bond donors (Lipinski definition) is 1. The summed E-state index contributed by atoms with van der Waals surface area (Å²) in [5, 5.41) is 3.31. The molecule has 92 valence electrons. The summed E-state index contributed by atoms with van der Waals surface area (Å²) in [6, 6.07) is 6.20. The number of para-hydroxylation sites is 1. The van der Waals surface area contributed by atoms with Crippen LogP contribution >= 0.6 is 0 Å². The molecule has 0 radical (unpaired) electrons. The summed E-state index contributed by atoms with van der Waals surface area (Å²) < 4.78 is 12.0. The van der Waals surface area contributed by atoms with Crippen LogP contribution in [-0.2, 0) is 6.42 Å². The van der Waals surface area contributed by atoms with E-state index in [0.29, 0.717) is 0 Å². The van der Waals surface area contributed by atoms with Gasteiger partial charge in [-0.2, -0.15) is 0 Å². The van der Waals surface area contributed by atoms with Crippen molar-refractivity contribution in [1.82, 2.24) is 5.32 Å². The van der Waals surface area contributed by atoms with Gasteiger partial charge < -0.3 is 14.8 Å². The lowest BCUT2D eigenvalue weighted by molar-refractivity contribution is 0.127. The normalized spacial score (nSPS) is 25.4. The van der Waals surface area contributed by atoms with E-state index < -0.39 is 0 Å². The van der Waals surface area contributed by atoms with Gasteiger partial charge in [0.2, 0.25) is 0 Å². The van der Waals surface area contributed by atoms with Crippen molar-refractivity contribution in [2.75, 3.05) is 13.1 Å². The first kappa shape index (κ1) is 10.9. The molecule has 1 aromatic carbocycles. The van der Waals surface area contributed by atoms with Crippen molar-refractivity contribution >= 4 is 0 Å². The molecule has 1 atom stereocenters. The van der Waals surface area contributed by atoms with Gasteiger partial charge >= 0.3 is 0 Å². The number of hydrogen-bond acceptors (Lipinski definition) is 3. The number of ether oxygens (including phenoxy) is 2. The van der Waals surface area contributed by atoms with Crippen LogP contribution in [0.5, 0.6) is 11.5 Å². The van der Waals surface area contributed by atoms with Gasteiger partial charge in [-0.15, -0.1) is 0 Å². The minimum absolute atomic E-state index is 0.101. The first-order chi connectivity index (χ1) is 8.14. The SMILES string of the molecule is CC1(C)Cc2cccc(O[C@H]3CCNC3)c2O1. The standard InChI is InChI=1S/C14H19NO2/c1-14(2)8-10-4-3-5-12(13(10)17-14)16-11-6-7-15-9-11/h3-5,11,15H,6-9H2,1-2H3/t11-/m0/s1. The first-order valence-electron chi connectivity index (χ1n) is 6.32. The fraction of sp³-hybridized carbons (Fsp3) is 0.571. The van der Waals surface area contributed by atoms with E-state index in [2.05, 4.69) is 31.3 Å². The lowest BCUT2D eigenvalue weighted by atomic mass is 10.0. The van der Waals surface area contributed by atoms with Crippen LogP contribution in [0, 0.1) is 0 Å². The number of rotatable bonds is 2. The Morgan fingerprint density at radius 1 is 1.41 bits per heavy atom. The van der Waals surface area contributed by atoms with E-state index in [1.807, 2.05) is 6.07 Å². The van der Waals surface area contributed by atoms with Crippen LogP contribution in [0.25, 0.3) is 0 Å². The Labute approximate surface area is 102 Å². The average Bonchev–Trinajstić information content (AvgIpc) is 2.84. The van der Waals surface area contributed by atoms with Crippen LogP contribution in [0.3, 0.4) is 0 Å². The number of nitrogens with one attached hydrogen (secondary N) is 1. The Morgan fingerprint density at radius 2 is 2.29 bits per heavy atom. The van der Waals surface area contributed by atoms with Crippen molar-refractivity contribution in [2.24, 2.45) is 0 Å². The molecule has 3 nitrogen and oxygen atoms in total. The maximum absolute atomic E-state index is 6.02. The van der Waals surface area contributed by atoms with Crippen molar-refractivity contribution < 1.29 is 9.47 Å².